The van der Waals surface area contributed by atoms with E-state index in [-0.39, 0.29) is 12.8 Å². The molecular weight excluding hydrogens is 500 g/mol. The minimum Gasteiger partial charge on any atom is -0.481 e. The number of amides is 2. The molecular formula is C24H46N2O8Si2. The van der Waals surface area contributed by atoms with Gasteiger partial charge in [0.1, 0.15) is 0 Å². The second kappa shape index (κ2) is 14.8. The molecule has 1 saturated carbocycles. The van der Waals surface area contributed by atoms with Crippen LogP contribution in [0, 0.1) is 23.7 Å². The summed E-state index contributed by atoms with van der Waals surface area (Å²) in [5, 5.41) is 25.2. The van der Waals surface area contributed by atoms with Gasteiger partial charge in [-0.25, -0.2) is 0 Å². The van der Waals surface area contributed by atoms with Crippen LogP contribution in [0.4, 0.5) is 0 Å². The lowest BCUT2D eigenvalue weighted by molar-refractivity contribution is -0.159. The summed E-state index contributed by atoms with van der Waals surface area (Å²) in [6.07, 6.45) is 1.04. The third-order valence-corrected chi connectivity index (χ3v) is 12.1. The number of carbonyl (C=O) groups is 4. The van der Waals surface area contributed by atoms with Gasteiger partial charge in [0.15, 0.2) is 16.6 Å². The largest absolute Gasteiger partial charge is 0.481 e. The third-order valence-electron chi connectivity index (χ3n) is 6.87. The van der Waals surface area contributed by atoms with Gasteiger partial charge >= 0.3 is 11.9 Å². The molecule has 0 aromatic rings. The molecule has 4 N–H and O–H groups in total. The first-order valence-electron chi connectivity index (χ1n) is 13.0. The van der Waals surface area contributed by atoms with Crippen molar-refractivity contribution in [3.63, 3.8) is 0 Å². The molecule has 2 amide bonds. The van der Waals surface area contributed by atoms with Gasteiger partial charge < -0.3 is 29.7 Å². The van der Waals surface area contributed by atoms with E-state index in [1.54, 1.807) is 0 Å². The van der Waals surface area contributed by atoms with Gasteiger partial charge in [-0.05, 0) is 77.8 Å². The molecule has 208 valence electrons. The van der Waals surface area contributed by atoms with Gasteiger partial charge in [-0.3, -0.25) is 19.2 Å². The van der Waals surface area contributed by atoms with E-state index >= 15 is 0 Å². The molecule has 0 radical (unpaired) electrons. The molecule has 0 aliphatic heterocycles. The fraction of sp³-hybridized carbons (Fsp3) is 0.833. The summed E-state index contributed by atoms with van der Waals surface area (Å²) in [7, 11) is -3.59. The maximum Gasteiger partial charge on any atom is 0.307 e. The first-order chi connectivity index (χ1) is 16.7. The minimum absolute atomic E-state index is 0.181. The van der Waals surface area contributed by atoms with Crippen LogP contribution in [0.1, 0.15) is 39.5 Å². The molecule has 1 aliphatic rings. The van der Waals surface area contributed by atoms with Gasteiger partial charge in [0.25, 0.3) is 0 Å². The Bertz CT molecular complexity index is 700. The third kappa shape index (κ3) is 10.7. The average Bonchev–Trinajstić information content (AvgIpc) is 2.78. The Hall–Kier alpha value is -1.77. The highest BCUT2D eigenvalue weighted by atomic mass is 28.4. The minimum atomic E-state index is -1.80. The average molecular weight is 547 g/mol. The normalized spacial score (nSPS) is 22.6. The summed E-state index contributed by atoms with van der Waals surface area (Å²) < 4.78 is 11.6. The highest BCUT2D eigenvalue weighted by molar-refractivity contribution is 6.71. The lowest BCUT2D eigenvalue weighted by atomic mass is 9.67. The van der Waals surface area contributed by atoms with Crippen LogP contribution < -0.4 is 10.6 Å². The van der Waals surface area contributed by atoms with Crippen molar-refractivity contribution in [3.8, 4) is 0 Å². The monoisotopic (exact) mass is 546 g/mol. The lowest BCUT2D eigenvalue weighted by Crippen LogP contribution is -2.50. The van der Waals surface area contributed by atoms with Crippen LogP contribution in [-0.4, -0.2) is 76.9 Å². The SMILES string of the molecule is CCO[Si](C)(C)CCCNC(=O)C1CC(C(=O)O)C(C(=O)NCCC[Si](C)(C)OCC)CC1C(=O)O. The van der Waals surface area contributed by atoms with Crippen molar-refractivity contribution < 1.29 is 38.2 Å². The van der Waals surface area contributed by atoms with Crippen molar-refractivity contribution >= 4 is 40.4 Å². The number of carbonyl (C=O) groups excluding carboxylic acids is 2. The maximum atomic E-state index is 12.9. The second-order valence-electron chi connectivity index (χ2n) is 10.7. The molecule has 4 atom stereocenters. The summed E-state index contributed by atoms with van der Waals surface area (Å²) in [4.78, 5) is 49.7. The van der Waals surface area contributed by atoms with E-state index in [2.05, 4.69) is 36.8 Å². The smallest absolute Gasteiger partial charge is 0.307 e. The predicted octanol–water partition coefficient (Wildman–Crippen LogP) is 2.91. The van der Waals surface area contributed by atoms with Gasteiger partial charge in [-0.1, -0.05) is 0 Å². The van der Waals surface area contributed by atoms with Crippen LogP contribution in [0.15, 0.2) is 0 Å². The molecule has 1 fully saturated rings. The van der Waals surface area contributed by atoms with E-state index in [1.807, 2.05) is 13.8 Å². The summed E-state index contributed by atoms with van der Waals surface area (Å²) in [6, 6.07) is 1.69. The van der Waals surface area contributed by atoms with Crippen LogP contribution in [0.5, 0.6) is 0 Å². The van der Waals surface area contributed by atoms with Crippen molar-refractivity contribution in [1.82, 2.24) is 10.6 Å². The van der Waals surface area contributed by atoms with E-state index in [0.717, 1.165) is 12.1 Å². The number of rotatable bonds is 16. The Balaban J connectivity index is 2.75. The molecule has 4 unspecified atom stereocenters. The predicted molar refractivity (Wildman–Crippen MR) is 142 cm³/mol. The summed E-state index contributed by atoms with van der Waals surface area (Å²) in [5.74, 6) is -7.54. The highest BCUT2D eigenvalue weighted by Crippen LogP contribution is 2.39. The summed E-state index contributed by atoms with van der Waals surface area (Å²) >= 11 is 0. The van der Waals surface area contributed by atoms with Gasteiger partial charge in [-0.2, -0.15) is 0 Å². The van der Waals surface area contributed by atoms with Gasteiger partial charge in [0.2, 0.25) is 11.8 Å². The number of nitrogens with one attached hydrogen (secondary N) is 2. The van der Waals surface area contributed by atoms with E-state index < -0.39 is 64.1 Å². The Kier molecular flexibility index (Phi) is 13.3. The van der Waals surface area contributed by atoms with E-state index in [0.29, 0.717) is 39.1 Å². The molecule has 0 spiro atoms. The highest BCUT2D eigenvalue weighted by Gasteiger charge is 2.48. The van der Waals surface area contributed by atoms with E-state index in [4.69, 9.17) is 8.85 Å². The molecule has 0 aromatic heterocycles. The fourth-order valence-electron chi connectivity index (χ4n) is 4.97. The van der Waals surface area contributed by atoms with Gasteiger partial charge in [0.05, 0.1) is 23.7 Å². The van der Waals surface area contributed by atoms with Crippen LogP contribution in [0.2, 0.25) is 38.3 Å². The molecule has 1 aliphatic carbocycles. The number of hydrogen-bond donors (Lipinski definition) is 4. The summed E-state index contributed by atoms with van der Waals surface area (Å²) in [6.45, 7) is 14.3. The molecule has 36 heavy (non-hydrogen) atoms. The van der Waals surface area contributed by atoms with Gasteiger partial charge in [-0.15, -0.1) is 0 Å². The van der Waals surface area contributed by atoms with E-state index in [9.17, 15) is 29.4 Å². The number of carboxylic acids is 2. The zero-order valence-corrected chi connectivity index (χ0v) is 24.7. The van der Waals surface area contributed by atoms with Crippen molar-refractivity contribution in [2.75, 3.05) is 26.3 Å². The Morgan fingerprint density at radius 2 is 1.03 bits per heavy atom. The summed E-state index contributed by atoms with van der Waals surface area (Å²) in [5.41, 5.74) is 0. The first-order valence-corrected chi connectivity index (χ1v) is 19.3. The maximum absolute atomic E-state index is 12.9. The van der Waals surface area contributed by atoms with Crippen LogP contribution >= 0.6 is 0 Å². The molecule has 0 aromatic carbocycles. The molecule has 0 bridgehead atoms. The second-order valence-corrected chi connectivity index (χ2v) is 19.4. The van der Waals surface area contributed by atoms with Crippen LogP contribution in [0.3, 0.4) is 0 Å². The molecule has 12 heteroatoms. The van der Waals surface area contributed by atoms with Crippen LogP contribution in [0.25, 0.3) is 0 Å². The first kappa shape index (κ1) is 32.3. The Morgan fingerprint density at radius 3 is 1.31 bits per heavy atom. The van der Waals surface area contributed by atoms with Crippen LogP contribution in [-0.2, 0) is 28.0 Å². The van der Waals surface area contributed by atoms with Crippen molar-refractivity contribution in [2.45, 2.75) is 77.8 Å². The Labute approximate surface area is 217 Å². The molecule has 0 heterocycles. The molecule has 0 saturated heterocycles. The van der Waals surface area contributed by atoms with Crippen molar-refractivity contribution in [3.05, 3.63) is 0 Å². The number of aliphatic carboxylic acids is 2. The standard InChI is InChI=1S/C24H46N2O8Si2/c1-7-33-35(3,4)13-9-11-25-21(27)17-15-20(24(31)32)18(16-19(17)23(29)30)22(28)26-12-10-14-36(5,6)34-8-2/h17-20H,7-16H2,1-6H3,(H,25,27)(H,26,28)(H,29,30)(H,31,32). The Morgan fingerprint density at radius 1 is 0.694 bits per heavy atom. The molecule has 10 nitrogen and oxygen atoms in total. The molecule has 1 rings (SSSR count). The quantitative estimate of drug-likeness (QED) is 0.170. The number of carboxylic acid groups (broad SMARTS) is 2. The lowest BCUT2D eigenvalue weighted by Gasteiger charge is -2.36. The fourth-order valence-corrected chi connectivity index (χ4v) is 8.88. The topological polar surface area (TPSA) is 151 Å². The van der Waals surface area contributed by atoms with E-state index in [1.165, 1.54) is 0 Å². The van der Waals surface area contributed by atoms with Crippen molar-refractivity contribution in [1.29, 1.82) is 0 Å². The zero-order valence-electron chi connectivity index (χ0n) is 22.7. The number of hydrogen-bond acceptors (Lipinski definition) is 6. The van der Waals surface area contributed by atoms with Gasteiger partial charge in [0, 0.05) is 26.3 Å². The van der Waals surface area contributed by atoms with Crippen molar-refractivity contribution in [2.24, 2.45) is 23.7 Å². The zero-order chi connectivity index (χ0) is 27.5.